The van der Waals surface area contributed by atoms with Crippen LogP contribution in [0.5, 0.6) is 5.75 Å². The first-order valence-electron chi connectivity index (χ1n) is 9.21. The van der Waals surface area contributed by atoms with Crippen LogP contribution in [0.15, 0.2) is 78.9 Å². The summed E-state index contributed by atoms with van der Waals surface area (Å²) in [4.78, 5) is 0. The molecule has 0 bridgehead atoms. The van der Waals surface area contributed by atoms with E-state index in [9.17, 15) is 4.57 Å². The lowest BCUT2D eigenvalue weighted by Crippen LogP contribution is -2.12. The summed E-state index contributed by atoms with van der Waals surface area (Å²) in [5.74, 6) is 0.747. The first kappa shape index (κ1) is 17.8. The van der Waals surface area contributed by atoms with Gasteiger partial charge >= 0.3 is 0 Å². The van der Waals surface area contributed by atoms with E-state index in [1.807, 2.05) is 48.5 Å². The predicted molar refractivity (Wildman–Crippen MR) is 114 cm³/mol. The van der Waals surface area contributed by atoms with Crippen LogP contribution >= 0.6 is 7.14 Å². The van der Waals surface area contributed by atoms with Gasteiger partial charge in [0.05, 0.1) is 7.11 Å². The van der Waals surface area contributed by atoms with Gasteiger partial charge in [-0.25, -0.2) is 0 Å². The minimum absolute atomic E-state index is 0.000209. The van der Waals surface area contributed by atoms with Gasteiger partial charge in [-0.3, -0.25) is 0 Å². The number of methoxy groups -OCH3 is 1. The van der Waals surface area contributed by atoms with E-state index in [0.717, 1.165) is 38.6 Å². The Hall–Kier alpha value is -2.57. The molecule has 3 aromatic carbocycles. The van der Waals surface area contributed by atoms with Gasteiger partial charge in [0.1, 0.15) is 12.9 Å². The van der Waals surface area contributed by atoms with Crippen LogP contribution in [-0.4, -0.2) is 12.8 Å². The maximum atomic E-state index is 14.6. The average Bonchev–Trinajstić information content (AvgIpc) is 2.99. The second kappa shape index (κ2) is 6.87. The molecule has 4 rings (SSSR count). The topological polar surface area (TPSA) is 26.3 Å². The molecular formula is C24H23O2P. The fraction of sp³-hybridized carbons (Fsp3) is 0.167. The molecule has 0 saturated heterocycles. The van der Waals surface area contributed by atoms with Crippen molar-refractivity contribution < 1.29 is 9.30 Å². The zero-order valence-electron chi connectivity index (χ0n) is 15.8. The maximum Gasteiger partial charge on any atom is 0.147 e. The highest BCUT2D eigenvalue weighted by Crippen LogP contribution is 2.68. The number of hydrogen-bond acceptors (Lipinski definition) is 2. The lowest BCUT2D eigenvalue weighted by atomic mass is 9.95. The molecule has 0 amide bonds. The van der Waals surface area contributed by atoms with Crippen LogP contribution in [-0.2, 0) is 4.57 Å². The van der Waals surface area contributed by atoms with E-state index in [1.54, 1.807) is 7.11 Å². The average molecular weight is 374 g/mol. The first-order valence-corrected chi connectivity index (χ1v) is 11.0. The summed E-state index contributed by atoms with van der Waals surface area (Å²) in [6.07, 6.45) is 0. The van der Waals surface area contributed by atoms with E-state index >= 15 is 0 Å². The van der Waals surface area contributed by atoms with Crippen LogP contribution in [0, 0.1) is 0 Å². The van der Waals surface area contributed by atoms with E-state index in [0.29, 0.717) is 0 Å². The Morgan fingerprint density at radius 3 is 1.96 bits per heavy atom. The van der Waals surface area contributed by atoms with Crippen molar-refractivity contribution in [2.45, 2.75) is 19.5 Å². The van der Waals surface area contributed by atoms with E-state index < -0.39 is 7.14 Å². The number of fused-ring (bicyclic) bond motifs is 1. The summed E-state index contributed by atoms with van der Waals surface area (Å²) in [5.41, 5.74) is 4.26. The molecule has 1 unspecified atom stereocenters. The lowest BCUT2D eigenvalue weighted by Gasteiger charge is -2.23. The highest BCUT2D eigenvalue weighted by atomic mass is 31.2. The van der Waals surface area contributed by atoms with E-state index in [2.05, 4.69) is 44.2 Å². The van der Waals surface area contributed by atoms with Crippen LogP contribution in [0.25, 0.3) is 10.9 Å². The van der Waals surface area contributed by atoms with Crippen molar-refractivity contribution in [3.8, 4) is 5.75 Å². The first-order chi connectivity index (χ1) is 13.1. The largest absolute Gasteiger partial charge is 0.497 e. The Kier molecular flexibility index (Phi) is 4.53. The van der Waals surface area contributed by atoms with E-state index in [4.69, 9.17) is 4.74 Å². The van der Waals surface area contributed by atoms with Crippen LogP contribution in [0.1, 0.15) is 30.5 Å². The summed E-state index contributed by atoms with van der Waals surface area (Å²) in [6, 6.07) is 26.4. The Bertz CT molecular complexity index is 1050. The molecule has 2 nitrogen and oxygen atoms in total. The van der Waals surface area contributed by atoms with Gasteiger partial charge < -0.3 is 9.30 Å². The van der Waals surface area contributed by atoms with Crippen molar-refractivity contribution >= 4 is 23.3 Å². The fourth-order valence-electron chi connectivity index (χ4n) is 3.90. The second-order valence-corrected chi connectivity index (χ2v) is 10.4. The SMILES string of the molecule is COc1ccc2c(c1)P(=O)(C(C)C)C(c1ccccc1)=C2c1ccccc1. The Morgan fingerprint density at radius 2 is 1.41 bits per heavy atom. The van der Waals surface area contributed by atoms with E-state index in [-0.39, 0.29) is 5.66 Å². The molecule has 1 aliphatic heterocycles. The molecule has 3 heteroatoms. The molecule has 1 heterocycles. The van der Waals surface area contributed by atoms with Crippen LogP contribution in [0.3, 0.4) is 0 Å². The Morgan fingerprint density at radius 1 is 0.815 bits per heavy atom. The predicted octanol–water partition coefficient (Wildman–Crippen LogP) is 6.02. The summed E-state index contributed by atoms with van der Waals surface area (Å²) in [7, 11) is -1.17. The molecule has 0 N–H and O–H groups in total. The second-order valence-electron chi connectivity index (χ2n) is 7.09. The molecule has 0 aromatic heterocycles. The minimum atomic E-state index is -2.83. The van der Waals surface area contributed by atoms with Gasteiger partial charge in [-0.1, -0.05) is 74.5 Å². The molecule has 3 aromatic rings. The Labute approximate surface area is 160 Å². The van der Waals surface area contributed by atoms with Gasteiger partial charge in [0, 0.05) is 21.9 Å². The van der Waals surface area contributed by atoms with Crippen molar-refractivity contribution in [3.63, 3.8) is 0 Å². The number of ether oxygens (including phenoxy) is 1. The standard InChI is InChI=1S/C24H23O2P/c1-17(2)27(25)22-16-20(26-3)14-15-21(22)23(18-10-6-4-7-11-18)24(27)19-12-8-5-9-13-19/h4-17H,1-3H3. The number of rotatable bonds is 4. The van der Waals surface area contributed by atoms with Gasteiger partial charge in [0.25, 0.3) is 0 Å². The molecule has 1 aliphatic rings. The molecule has 0 saturated carbocycles. The molecule has 0 spiro atoms. The van der Waals surface area contributed by atoms with E-state index in [1.165, 1.54) is 0 Å². The number of hydrogen-bond donors (Lipinski definition) is 0. The quantitative estimate of drug-likeness (QED) is 0.522. The third kappa shape index (κ3) is 2.76. The normalized spacial score (nSPS) is 18.7. The zero-order valence-corrected chi connectivity index (χ0v) is 16.7. The summed E-state index contributed by atoms with van der Waals surface area (Å²) in [5, 5.41) is 1.88. The zero-order chi connectivity index (χ0) is 19.0. The summed E-state index contributed by atoms with van der Waals surface area (Å²) in [6.45, 7) is 4.11. The fourth-order valence-corrected chi connectivity index (χ4v) is 7.20. The number of benzene rings is 3. The summed E-state index contributed by atoms with van der Waals surface area (Å²) < 4.78 is 20.1. The van der Waals surface area contributed by atoms with Crippen LogP contribution in [0.4, 0.5) is 0 Å². The van der Waals surface area contributed by atoms with Gasteiger partial charge in [-0.15, -0.1) is 0 Å². The highest BCUT2D eigenvalue weighted by molar-refractivity contribution is 7.82. The van der Waals surface area contributed by atoms with Crippen molar-refractivity contribution in [3.05, 3.63) is 95.6 Å². The smallest absolute Gasteiger partial charge is 0.147 e. The molecular weight excluding hydrogens is 351 g/mol. The molecule has 1 atom stereocenters. The minimum Gasteiger partial charge on any atom is -0.497 e. The van der Waals surface area contributed by atoms with Crippen molar-refractivity contribution in [1.29, 1.82) is 0 Å². The van der Waals surface area contributed by atoms with Gasteiger partial charge in [0.15, 0.2) is 0 Å². The molecule has 0 fully saturated rings. The monoisotopic (exact) mass is 374 g/mol. The van der Waals surface area contributed by atoms with Crippen LogP contribution < -0.4 is 10.0 Å². The van der Waals surface area contributed by atoms with Gasteiger partial charge in [-0.05, 0) is 34.9 Å². The lowest BCUT2D eigenvalue weighted by molar-refractivity contribution is 0.415. The molecule has 0 radical (unpaired) electrons. The molecule has 136 valence electrons. The van der Waals surface area contributed by atoms with Gasteiger partial charge in [0.2, 0.25) is 0 Å². The Balaban J connectivity index is 2.12. The third-order valence-corrected chi connectivity index (χ3v) is 8.92. The maximum absolute atomic E-state index is 14.6. The van der Waals surface area contributed by atoms with Crippen molar-refractivity contribution in [1.82, 2.24) is 0 Å². The third-order valence-electron chi connectivity index (χ3n) is 5.24. The van der Waals surface area contributed by atoms with Crippen molar-refractivity contribution in [2.75, 3.05) is 7.11 Å². The van der Waals surface area contributed by atoms with Crippen LogP contribution in [0.2, 0.25) is 0 Å². The van der Waals surface area contributed by atoms with Gasteiger partial charge in [-0.2, -0.15) is 0 Å². The molecule has 27 heavy (non-hydrogen) atoms. The highest BCUT2D eigenvalue weighted by Gasteiger charge is 2.44. The van der Waals surface area contributed by atoms with Crippen molar-refractivity contribution in [2.24, 2.45) is 0 Å². The molecule has 0 aliphatic carbocycles. The summed E-state index contributed by atoms with van der Waals surface area (Å²) >= 11 is 0.